The highest BCUT2D eigenvalue weighted by molar-refractivity contribution is 7.13. The number of nitrogen functional groups attached to an aromatic ring is 1. The van der Waals surface area contributed by atoms with Crippen molar-refractivity contribution in [2.45, 2.75) is 6.54 Å². The van der Waals surface area contributed by atoms with Gasteiger partial charge in [-0.3, -0.25) is 4.79 Å². The van der Waals surface area contributed by atoms with Gasteiger partial charge in [0, 0.05) is 28.7 Å². The molecule has 0 saturated carbocycles. The zero-order valence-corrected chi connectivity index (χ0v) is 19.2. The molecule has 168 valence electrons. The lowest BCUT2D eigenvalue weighted by molar-refractivity contribution is 0.102. The molecule has 0 fully saturated rings. The van der Waals surface area contributed by atoms with E-state index in [2.05, 4.69) is 10.6 Å². The van der Waals surface area contributed by atoms with Crippen LogP contribution in [0.15, 0.2) is 78.2 Å². The zero-order chi connectivity index (χ0) is 23.2. The van der Waals surface area contributed by atoms with Crippen LogP contribution in [-0.2, 0) is 6.54 Å². The lowest BCUT2D eigenvalue weighted by Gasteiger charge is -2.12. The van der Waals surface area contributed by atoms with Gasteiger partial charge in [0.15, 0.2) is 11.5 Å². The second-order valence-electron chi connectivity index (χ2n) is 7.35. The molecular formula is C26H25N3O3S. The fourth-order valence-corrected chi connectivity index (χ4v) is 4.12. The molecule has 0 unspecified atom stereocenters. The number of carbonyl (C=O) groups is 1. The van der Waals surface area contributed by atoms with Gasteiger partial charge in [-0.2, -0.15) is 0 Å². The standard InChI is InChI=1S/C26H25N3O3S/c1-31-23-12-10-20(15-24(23)32-2)28-16-17-5-7-18(8-6-17)26(30)29-22-11-9-19(14-21(22)27)25-4-3-13-33-25/h3-15,28H,16,27H2,1-2H3,(H,29,30). The molecule has 0 atom stereocenters. The van der Waals surface area contributed by atoms with E-state index >= 15 is 0 Å². The highest BCUT2D eigenvalue weighted by atomic mass is 32.1. The lowest BCUT2D eigenvalue weighted by Crippen LogP contribution is -2.13. The van der Waals surface area contributed by atoms with Crippen LogP contribution in [0.3, 0.4) is 0 Å². The summed E-state index contributed by atoms with van der Waals surface area (Å²) in [7, 11) is 3.22. The van der Waals surface area contributed by atoms with E-state index in [4.69, 9.17) is 15.2 Å². The van der Waals surface area contributed by atoms with Crippen molar-refractivity contribution in [1.82, 2.24) is 0 Å². The van der Waals surface area contributed by atoms with E-state index < -0.39 is 0 Å². The first-order valence-corrected chi connectivity index (χ1v) is 11.2. The molecule has 1 amide bonds. The number of carbonyl (C=O) groups excluding carboxylic acids is 1. The summed E-state index contributed by atoms with van der Waals surface area (Å²) < 4.78 is 10.6. The van der Waals surface area contributed by atoms with Crippen molar-refractivity contribution in [3.63, 3.8) is 0 Å². The first-order valence-electron chi connectivity index (χ1n) is 10.4. The molecule has 7 heteroatoms. The average molecular weight is 460 g/mol. The van der Waals surface area contributed by atoms with Crippen molar-refractivity contribution in [3.8, 4) is 21.9 Å². The Labute approximate surface area is 197 Å². The third-order valence-corrected chi connectivity index (χ3v) is 6.12. The number of hydrogen-bond donors (Lipinski definition) is 3. The van der Waals surface area contributed by atoms with E-state index in [9.17, 15) is 4.79 Å². The van der Waals surface area contributed by atoms with Crippen molar-refractivity contribution in [1.29, 1.82) is 0 Å². The first-order chi connectivity index (χ1) is 16.1. The molecule has 4 aromatic rings. The van der Waals surface area contributed by atoms with Crippen molar-refractivity contribution in [2.75, 3.05) is 30.6 Å². The van der Waals surface area contributed by atoms with Crippen molar-refractivity contribution in [3.05, 3.63) is 89.3 Å². The van der Waals surface area contributed by atoms with Crippen LogP contribution in [0.4, 0.5) is 17.1 Å². The van der Waals surface area contributed by atoms with Crippen LogP contribution in [-0.4, -0.2) is 20.1 Å². The van der Waals surface area contributed by atoms with Gasteiger partial charge >= 0.3 is 0 Å². The van der Waals surface area contributed by atoms with Crippen LogP contribution in [0.1, 0.15) is 15.9 Å². The molecule has 0 aliphatic heterocycles. The van der Waals surface area contributed by atoms with Crippen LogP contribution >= 0.6 is 11.3 Å². The Bertz CT molecular complexity index is 1240. The van der Waals surface area contributed by atoms with Crippen LogP contribution in [0.2, 0.25) is 0 Å². The minimum Gasteiger partial charge on any atom is -0.493 e. The molecule has 4 N–H and O–H groups in total. The normalized spacial score (nSPS) is 10.5. The lowest BCUT2D eigenvalue weighted by atomic mass is 10.1. The molecule has 4 rings (SSSR count). The molecular weight excluding hydrogens is 434 g/mol. The van der Waals surface area contributed by atoms with E-state index in [0.29, 0.717) is 35.0 Å². The maximum atomic E-state index is 12.7. The highest BCUT2D eigenvalue weighted by Crippen LogP contribution is 2.31. The largest absolute Gasteiger partial charge is 0.493 e. The summed E-state index contributed by atoms with van der Waals surface area (Å²) in [5.74, 6) is 1.14. The number of rotatable bonds is 8. The van der Waals surface area contributed by atoms with Gasteiger partial charge in [0.05, 0.1) is 25.6 Å². The topological polar surface area (TPSA) is 85.6 Å². The highest BCUT2D eigenvalue weighted by Gasteiger charge is 2.10. The minimum absolute atomic E-state index is 0.204. The smallest absolute Gasteiger partial charge is 0.255 e. The van der Waals surface area contributed by atoms with Gasteiger partial charge < -0.3 is 25.8 Å². The molecule has 0 aliphatic carbocycles. The number of ether oxygens (including phenoxy) is 2. The average Bonchev–Trinajstić information content (AvgIpc) is 3.39. The number of methoxy groups -OCH3 is 2. The number of hydrogen-bond acceptors (Lipinski definition) is 6. The third-order valence-electron chi connectivity index (χ3n) is 5.20. The summed E-state index contributed by atoms with van der Waals surface area (Å²) in [6.07, 6.45) is 0. The summed E-state index contributed by atoms with van der Waals surface area (Å²) >= 11 is 1.65. The Morgan fingerprint density at radius 3 is 2.39 bits per heavy atom. The van der Waals surface area contributed by atoms with E-state index in [1.54, 1.807) is 37.7 Å². The molecule has 0 aliphatic rings. The third kappa shape index (κ3) is 5.27. The van der Waals surface area contributed by atoms with E-state index in [0.717, 1.165) is 21.7 Å². The summed E-state index contributed by atoms with van der Waals surface area (Å²) in [5, 5.41) is 8.27. The van der Waals surface area contributed by atoms with Gasteiger partial charge in [0.25, 0.3) is 5.91 Å². The number of nitrogens with one attached hydrogen (secondary N) is 2. The van der Waals surface area contributed by atoms with Gasteiger partial charge in [0.1, 0.15) is 0 Å². The molecule has 33 heavy (non-hydrogen) atoms. The Hall–Kier alpha value is -3.97. The van der Waals surface area contributed by atoms with Crippen LogP contribution in [0.5, 0.6) is 11.5 Å². The number of benzene rings is 3. The molecule has 0 spiro atoms. The van der Waals surface area contributed by atoms with Gasteiger partial charge in [-0.15, -0.1) is 11.3 Å². The number of thiophene rings is 1. The Morgan fingerprint density at radius 1 is 0.939 bits per heavy atom. The molecule has 3 aromatic carbocycles. The van der Waals surface area contributed by atoms with Crippen LogP contribution in [0, 0.1) is 0 Å². The molecule has 0 saturated heterocycles. The Kier molecular flexibility index (Phi) is 6.80. The fraction of sp³-hybridized carbons (Fsp3) is 0.115. The molecule has 6 nitrogen and oxygen atoms in total. The number of amides is 1. The predicted molar refractivity (Wildman–Crippen MR) is 135 cm³/mol. The van der Waals surface area contributed by atoms with E-state index in [1.807, 2.05) is 66.0 Å². The van der Waals surface area contributed by atoms with Crippen molar-refractivity contribution >= 4 is 34.3 Å². The number of anilines is 3. The second kappa shape index (κ2) is 10.1. The maximum absolute atomic E-state index is 12.7. The maximum Gasteiger partial charge on any atom is 0.255 e. The van der Waals surface area contributed by atoms with Gasteiger partial charge in [-0.05, 0) is 59.0 Å². The summed E-state index contributed by atoms with van der Waals surface area (Å²) in [6.45, 7) is 0.606. The zero-order valence-electron chi connectivity index (χ0n) is 18.4. The second-order valence-corrected chi connectivity index (χ2v) is 8.30. The van der Waals surface area contributed by atoms with Gasteiger partial charge in [-0.1, -0.05) is 24.3 Å². The van der Waals surface area contributed by atoms with E-state index in [1.165, 1.54) is 0 Å². The van der Waals surface area contributed by atoms with Crippen LogP contribution in [0.25, 0.3) is 10.4 Å². The quantitative estimate of drug-likeness (QED) is 0.287. The van der Waals surface area contributed by atoms with Gasteiger partial charge in [-0.25, -0.2) is 0 Å². The first kappa shape index (κ1) is 22.2. The number of nitrogens with two attached hydrogens (primary N) is 1. The Morgan fingerprint density at radius 2 is 1.73 bits per heavy atom. The van der Waals surface area contributed by atoms with Crippen LogP contribution < -0.4 is 25.8 Å². The summed E-state index contributed by atoms with van der Waals surface area (Å²) in [4.78, 5) is 13.8. The Balaban J connectivity index is 1.37. The molecule has 1 heterocycles. The molecule has 0 radical (unpaired) electrons. The SMILES string of the molecule is COc1ccc(NCc2ccc(C(=O)Nc3ccc(-c4cccs4)cc3N)cc2)cc1OC. The molecule has 1 aromatic heterocycles. The van der Waals surface area contributed by atoms with Crippen molar-refractivity contribution < 1.29 is 14.3 Å². The predicted octanol–water partition coefficient (Wildman–Crippen LogP) is 5.88. The summed E-state index contributed by atoms with van der Waals surface area (Å²) in [6, 6.07) is 22.8. The van der Waals surface area contributed by atoms with Gasteiger partial charge in [0.2, 0.25) is 0 Å². The minimum atomic E-state index is -0.204. The molecule has 0 bridgehead atoms. The monoisotopic (exact) mass is 459 g/mol. The summed E-state index contributed by atoms with van der Waals surface area (Å²) in [5.41, 5.74) is 10.9. The fourth-order valence-electron chi connectivity index (χ4n) is 3.39. The van der Waals surface area contributed by atoms with E-state index in [-0.39, 0.29) is 5.91 Å². The van der Waals surface area contributed by atoms with Crippen molar-refractivity contribution in [2.24, 2.45) is 0 Å².